The molecule has 154 valence electrons. The molecule has 3 aromatic rings. The number of amides is 2. The van der Waals surface area contributed by atoms with Crippen molar-refractivity contribution in [2.75, 3.05) is 22.5 Å². The Morgan fingerprint density at radius 3 is 2.70 bits per heavy atom. The van der Waals surface area contributed by atoms with Crippen LogP contribution < -0.4 is 10.2 Å². The predicted molar refractivity (Wildman–Crippen MR) is 119 cm³/mol. The largest absolute Gasteiger partial charge is 0.325 e. The van der Waals surface area contributed by atoms with Gasteiger partial charge in [0.15, 0.2) is 11.0 Å². The summed E-state index contributed by atoms with van der Waals surface area (Å²) >= 11 is 1.36. The van der Waals surface area contributed by atoms with Crippen molar-refractivity contribution in [1.29, 1.82) is 0 Å². The van der Waals surface area contributed by atoms with Gasteiger partial charge in [-0.1, -0.05) is 48.2 Å². The van der Waals surface area contributed by atoms with Gasteiger partial charge in [0, 0.05) is 36.4 Å². The molecule has 30 heavy (non-hydrogen) atoms. The second-order valence-corrected chi connectivity index (χ2v) is 7.90. The molecule has 7 nitrogen and oxygen atoms in total. The Hall–Kier alpha value is -3.13. The molecule has 0 unspecified atom stereocenters. The average Bonchev–Trinajstić information content (AvgIpc) is 3.38. The van der Waals surface area contributed by atoms with Crippen LogP contribution in [0.25, 0.3) is 11.4 Å². The van der Waals surface area contributed by atoms with Gasteiger partial charge in [0.2, 0.25) is 11.8 Å². The van der Waals surface area contributed by atoms with Crippen molar-refractivity contribution < 1.29 is 9.59 Å². The Balaban J connectivity index is 1.40. The summed E-state index contributed by atoms with van der Waals surface area (Å²) in [4.78, 5) is 26.2. The van der Waals surface area contributed by atoms with E-state index >= 15 is 0 Å². The van der Waals surface area contributed by atoms with E-state index < -0.39 is 0 Å². The molecule has 0 saturated carbocycles. The summed E-state index contributed by atoms with van der Waals surface area (Å²) in [6, 6.07) is 17.3. The normalized spacial score (nSPS) is 13.6. The van der Waals surface area contributed by atoms with E-state index in [-0.39, 0.29) is 17.6 Å². The zero-order valence-electron chi connectivity index (χ0n) is 16.7. The van der Waals surface area contributed by atoms with E-state index in [2.05, 4.69) is 15.5 Å². The van der Waals surface area contributed by atoms with Gasteiger partial charge in [-0.15, -0.1) is 10.2 Å². The maximum Gasteiger partial charge on any atom is 0.234 e. The van der Waals surface area contributed by atoms with Crippen LogP contribution in [0.5, 0.6) is 0 Å². The zero-order chi connectivity index (χ0) is 20.9. The summed E-state index contributed by atoms with van der Waals surface area (Å²) in [6.45, 7) is 3.47. The third kappa shape index (κ3) is 4.38. The van der Waals surface area contributed by atoms with Crippen LogP contribution in [0.1, 0.15) is 19.8 Å². The maximum atomic E-state index is 12.5. The summed E-state index contributed by atoms with van der Waals surface area (Å²) < 4.78 is 2.01. The smallest absolute Gasteiger partial charge is 0.234 e. The number of hydrogen-bond acceptors (Lipinski definition) is 5. The Bertz CT molecular complexity index is 1050. The first-order valence-electron chi connectivity index (χ1n) is 9.97. The minimum absolute atomic E-state index is 0.127. The van der Waals surface area contributed by atoms with Crippen LogP contribution in [0, 0.1) is 0 Å². The molecule has 0 spiro atoms. The molecule has 1 aliphatic rings. The molecule has 1 saturated heterocycles. The molecule has 0 atom stereocenters. The number of hydrogen-bond donors (Lipinski definition) is 1. The second kappa shape index (κ2) is 9.13. The highest BCUT2D eigenvalue weighted by atomic mass is 32.2. The van der Waals surface area contributed by atoms with Crippen LogP contribution in [0.4, 0.5) is 11.4 Å². The van der Waals surface area contributed by atoms with Crippen LogP contribution in [0.3, 0.4) is 0 Å². The molecule has 8 heteroatoms. The van der Waals surface area contributed by atoms with Crippen molar-refractivity contribution >= 4 is 35.0 Å². The van der Waals surface area contributed by atoms with E-state index in [0.29, 0.717) is 23.8 Å². The minimum Gasteiger partial charge on any atom is -0.325 e. The Morgan fingerprint density at radius 1 is 1.13 bits per heavy atom. The standard InChI is InChI=1S/C22H23N5O2S/c1-2-26-21(16-8-4-3-5-9-16)24-25-22(26)30-15-19(28)23-17-10-6-11-18(14-17)27-13-7-12-20(27)29/h3-6,8-11,14H,2,7,12-13,15H2,1H3,(H,23,28). The molecule has 0 bridgehead atoms. The topological polar surface area (TPSA) is 80.1 Å². The van der Waals surface area contributed by atoms with E-state index in [1.54, 1.807) is 4.90 Å². The first kappa shape index (κ1) is 20.2. The van der Waals surface area contributed by atoms with Gasteiger partial charge in [0.1, 0.15) is 0 Å². The van der Waals surface area contributed by atoms with Gasteiger partial charge in [0.25, 0.3) is 0 Å². The summed E-state index contributed by atoms with van der Waals surface area (Å²) in [6.07, 6.45) is 1.45. The number of carbonyl (C=O) groups is 2. The van der Waals surface area contributed by atoms with Gasteiger partial charge in [-0.25, -0.2) is 0 Å². The fraction of sp³-hybridized carbons (Fsp3) is 0.273. The molecule has 1 aromatic heterocycles. The SMILES string of the molecule is CCn1c(SCC(=O)Nc2cccc(N3CCCC3=O)c2)nnc1-c1ccccc1. The van der Waals surface area contributed by atoms with Gasteiger partial charge in [-0.2, -0.15) is 0 Å². The molecule has 1 aliphatic heterocycles. The zero-order valence-corrected chi connectivity index (χ0v) is 17.6. The lowest BCUT2D eigenvalue weighted by atomic mass is 10.2. The second-order valence-electron chi connectivity index (χ2n) is 6.95. The van der Waals surface area contributed by atoms with E-state index in [9.17, 15) is 9.59 Å². The first-order chi connectivity index (χ1) is 14.7. The van der Waals surface area contributed by atoms with Crippen LogP contribution in [0.15, 0.2) is 59.8 Å². The van der Waals surface area contributed by atoms with E-state index in [4.69, 9.17) is 0 Å². The molecule has 2 heterocycles. The fourth-order valence-corrected chi connectivity index (χ4v) is 4.28. The molecule has 2 amide bonds. The predicted octanol–water partition coefficient (Wildman–Crippen LogP) is 3.82. The van der Waals surface area contributed by atoms with Crippen LogP contribution in [-0.2, 0) is 16.1 Å². The highest BCUT2D eigenvalue weighted by molar-refractivity contribution is 7.99. The monoisotopic (exact) mass is 421 g/mol. The molecular formula is C22H23N5O2S. The lowest BCUT2D eigenvalue weighted by Gasteiger charge is -2.16. The minimum atomic E-state index is -0.128. The Labute approximate surface area is 179 Å². The van der Waals surface area contributed by atoms with E-state index in [0.717, 1.165) is 30.0 Å². The van der Waals surface area contributed by atoms with Crippen LogP contribution >= 0.6 is 11.8 Å². The molecular weight excluding hydrogens is 398 g/mol. The van der Waals surface area contributed by atoms with Crippen molar-refractivity contribution in [3.8, 4) is 11.4 Å². The third-order valence-electron chi connectivity index (χ3n) is 4.91. The molecule has 0 radical (unpaired) electrons. The van der Waals surface area contributed by atoms with Gasteiger partial charge in [-0.05, 0) is 31.5 Å². The fourth-order valence-electron chi connectivity index (χ4n) is 3.48. The molecule has 1 fully saturated rings. The number of nitrogens with zero attached hydrogens (tertiary/aromatic N) is 4. The van der Waals surface area contributed by atoms with Crippen molar-refractivity contribution in [2.24, 2.45) is 0 Å². The van der Waals surface area contributed by atoms with Gasteiger partial charge in [-0.3, -0.25) is 9.59 Å². The lowest BCUT2D eigenvalue weighted by Crippen LogP contribution is -2.23. The number of aromatic nitrogens is 3. The average molecular weight is 422 g/mol. The first-order valence-corrected chi connectivity index (χ1v) is 11.0. The Kier molecular flexibility index (Phi) is 6.13. The molecule has 1 N–H and O–H groups in total. The molecule has 2 aromatic carbocycles. The van der Waals surface area contributed by atoms with E-state index in [1.165, 1.54) is 11.8 Å². The van der Waals surface area contributed by atoms with Crippen molar-refractivity contribution in [1.82, 2.24) is 14.8 Å². The number of benzene rings is 2. The maximum absolute atomic E-state index is 12.5. The van der Waals surface area contributed by atoms with Crippen molar-refractivity contribution in [3.05, 3.63) is 54.6 Å². The molecule has 4 rings (SSSR count). The lowest BCUT2D eigenvalue weighted by molar-refractivity contribution is -0.117. The number of thioether (sulfide) groups is 1. The summed E-state index contributed by atoms with van der Waals surface area (Å²) in [5, 5.41) is 12.2. The van der Waals surface area contributed by atoms with Gasteiger partial charge >= 0.3 is 0 Å². The molecule has 0 aliphatic carbocycles. The van der Waals surface area contributed by atoms with Crippen LogP contribution in [0.2, 0.25) is 0 Å². The number of nitrogens with one attached hydrogen (secondary N) is 1. The van der Waals surface area contributed by atoms with Crippen molar-refractivity contribution in [3.63, 3.8) is 0 Å². The summed E-state index contributed by atoms with van der Waals surface area (Å²) in [5.74, 6) is 1.02. The van der Waals surface area contributed by atoms with Gasteiger partial charge < -0.3 is 14.8 Å². The quantitative estimate of drug-likeness (QED) is 0.587. The highest BCUT2D eigenvalue weighted by Crippen LogP contribution is 2.26. The highest BCUT2D eigenvalue weighted by Gasteiger charge is 2.22. The Morgan fingerprint density at radius 2 is 1.97 bits per heavy atom. The summed E-state index contributed by atoms with van der Waals surface area (Å²) in [5.41, 5.74) is 2.50. The third-order valence-corrected chi connectivity index (χ3v) is 5.88. The van der Waals surface area contributed by atoms with Gasteiger partial charge in [0.05, 0.1) is 5.75 Å². The number of rotatable bonds is 7. The van der Waals surface area contributed by atoms with Crippen molar-refractivity contribution in [2.45, 2.75) is 31.5 Å². The number of anilines is 2. The number of carbonyl (C=O) groups excluding carboxylic acids is 2. The van der Waals surface area contributed by atoms with E-state index in [1.807, 2.05) is 66.1 Å². The summed E-state index contributed by atoms with van der Waals surface area (Å²) in [7, 11) is 0. The van der Waals surface area contributed by atoms with Crippen LogP contribution in [-0.4, -0.2) is 38.9 Å².